The zero-order chi connectivity index (χ0) is 10.1. The summed E-state index contributed by atoms with van der Waals surface area (Å²) in [6, 6.07) is 4.89. The molecule has 14 heavy (non-hydrogen) atoms. The predicted octanol–water partition coefficient (Wildman–Crippen LogP) is 2.50. The molecule has 1 aliphatic heterocycles. The van der Waals surface area contributed by atoms with E-state index >= 15 is 0 Å². The van der Waals surface area contributed by atoms with E-state index in [0.717, 1.165) is 23.8 Å². The normalized spacial score (nSPS) is 25.5. The number of hydrogen-bond acceptors (Lipinski definition) is 3. The molecule has 2 atom stereocenters. The number of likely N-dealkylation sites (tertiary alicyclic amines) is 1. The molecular formula is C10H15ClN2S. The molecule has 1 aliphatic rings. The third kappa shape index (κ3) is 2.11. The van der Waals surface area contributed by atoms with Crippen LogP contribution in [-0.2, 0) is 0 Å². The molecule has 0 spiro atoms. The van der Waals surface area contributed by atoms with Crippen LogP contribution in [0, 0.1) is 0 Å². The highest BCUT2D eigenvalue weighted by Gasteiger charge is 2.24. The first-order valence-corrected chi connectivity index (χ1v) is 6.11. The van der Waals surface area contributed by atoms with Crippen molar-refractivity contribution in [1.82, 2.24) is 4.90 Å². The Balaban J connectivity index is 2.05. The van der Waals surface area contributed by atoms with Crippen LogP contribution >= 0.6 is 22.9 Å². The summed E-state index contributed by atoms with van der Waals surface area (Å²) in [6.45, 7) is 4.34. The Kier molecular flexibility index (Phi) is 3.12. The minimum atomic E-state index is 0.355. The molecule has 2 heterocycles. The van der Waals surface area contributed by atoms with E-state index in [2.05, 4.69) is 17.9 Å². The van der Waals surface area contributed by atoms with E-state index in [1.807, 2.05) is 6.07 Å². The molecule has 1 aromatic heterocycles. The minimum Gasteiger partial charge on any atom is -0.326 e. The molecule has 78 valence electrons. The number of nitrogens with two attached hydrogens (primary N) is 1. The van der Waals surface area contributed by atoms with Crippen LogP contribution in [0.1, 0.15) is 24.3 Å². The van der Waals surface area contributed by atoms with Gasteiger partial charge in [-0.1, -0.05) is 11.6 Å². The molecule has 1 aromatic rings. The molecule has 1 saturated heterocycles. The molecule has 2 N–H and O–H groups in total. The summed E-state index contributed by atoms with van der Waals surface area (Å²) in [5, 5.41) is 0. The Bertz CT molecular complexity index is 313. The summed E-state index contributed by atoms with van der Waals surface area (Å²) in [5.41, 5.74) is 5.88. The Morgan fingerprint density at radius 3 is 2.93 bits per heavy atom. The van der Waals surface area contributed by atoms with Gasteiger partial charge < -0.3 is 5.73 Å². The fraction of sp³-hybridized carbons (Fsp3) is 0.600. The highest BCUT2D eigenvalue weighted by molar-refractivity contribution is 7.16. The third-order valence-electron chi connectivity index (χ3n) is 2.81. The Morgan fingerprint density at radius 1 is 1.64 bits per heavy atom. The van der Waals surface area contributed by atoms with Crippen LogP contribution in [-0.4, -0.2) is 24.0 Å². The smallest absolute Gasteiger partial charge is 0.0931 e. The molecular weight excluding hydrogens is 216 g/mol. The molecule has 0 saturated carbocycles. The van der Waals surface area contributed by atoms with E-state index < -0.39 is 0 Å². The zero-order valence-corrected chi connectivity index (χ0v) is 9.81. The summed E-state index contributed by atoms with van der Waals surface area (Å²) >= 11 is 7.58. The monoisotopic (exact) mass is 230 g/mol. The van der Waals surface area contributed by atoms with Crippen LogP contribution in [0.3, 0.4) is 0 Å². The van der Waals surface area contributed by atoms with Gasteiger partial charge in [-0.2, -0.15) is 0 Å². The molecule has 2 nitrogen and oxygen atoms in total. The van der Waals surface area contributed by atoms with Crippen molar-refractivity contribution in [2.75, 3.05) is 13.1 Å². The topological polar surface area (TPSA) is 29.3 Å². The average Bonchev–Trinajstić information content (AvgIpc) is 2.73. The van der Waals surface area contributed by atoms with Gasteiger partial charge in [0.15, 0.2) is 0 Å². The van der Waals surface area contributed by atoms with E-state index in [4.69, 9.17) is 17.3 Å². The maximum Gasteiger partial charge on any atom is 0.0931 e. The van der Waals surface area contributed by atoms with Gasteiger partial charge in [0.05, 0.1) is 4.34 Å². The van der Waals surface area contributed by atoms with Gasteiger partial charge in [-0.3, -0.25) is 4.90 Å². The fourth-order valence-corrected chi connectivity index (χ4v) is 3.05. The third-order valence-corrected chi connectivity index (χ3v) is 4.21. The van der Waals surface area contributed by atoms with E-state index in [0.29, 0.717) is 12.1 Å². The highest BCUT2D eigenvalue weighted by Crippen LogP contribution is 2.31. The number of rotatable bonds is 2. The Morgan fingerprint density at radius 2 is 2.43 bits per heavy atom. The molecule has 0 bridgehead atoms. The second kappa shape index (κ2) is 4.19. The van der Waals surface area contributed by atoms with E-state index in [9.17, 15) is 0 Å². The largest absolute Gasteiger partial charge is 0.326 e. The molecule has 2 rings (SSSR count). The van der Waals surface area contributed by atoms with Crippen LogP contribution in [0.25, 0.3) is 0 Å². The second-order valence-electron chi connectivity index (χ2n) is 3.86. The van der Waals surface area contributed by atoms with Gasteiger partial charge in [0.25, 0.3) is 0 Å². The zero-order valence-electron chi connectivity index (χ0n) is 8.24. The SMILES string of the molecule is CC(c1ccc(Cl)s1)N1CCC(N)C1. The van der Waals surface area contributed by atoms with Gasteiger partial charge >= 0.3 is 0 Å². The van der Waals surface area contributed by atoms with Crippen molar-refractivity contribution in [2.45, 2.75) is 25.4 Å². The highest BCUT2D eigenvalue weighted by atomic mass is 35.5. The average molecular weight is 231 g/mol. The first-order chi connectivity index (χ1) is 6.66. The molecule has 0 amide bonds. The number of halogens is 1. The van der Waals surface area contributed by atoms with Gasteiger partial charge in [-0.25, -0.2) is 0 Å². The summed E-state index contributed by atoms with van der Waals surface area (Å²) in [4.78, 5) is 3.76. The lowest BCUT2D eigenvalue weighted by atomic mass is 10.2. The molecule has 0 radical (unpaired) electrons. The van der Waals surface area contributed by atoms with Gasteiger partial charge in [-0.05, 0) is 25.5 Å². The molecule has 0 aliphatic carbocycles. The van der Waals surface area contributed by atoms with Crippen molar-refractivity contribution in [3.8, 4) is 0 Å². The first kappa shape index (κ1) is 10.4. The van der Waals surface area contributed by atoms with Crippen molar-refractivity contribution in [1.29, 1.82) is 0 Å². The lowest BCUT2D eigenvalue weighted by Crippen LogP contribution is -2.28. The minimum absolute atomic E-state index is 0.355. The molecule has 2 unspecified atom stereocenters. The Hall–Kier alpha value is -0.0900. The maximum absolute atomic E-state index is 5.92. The van der Waals surface area contributed by atoms with E-state index in [1.165, 1.54) is 4.88 Å². The lowest BCUT2D eigenvalue weighted by Gasteiger charge is -2.22. The van der Waals surface area contributed by atoms with Crippen molar-refractivity contribution in [2.24, 2.45) is 5.73 Å². The lowest BCUT2D eigenvalue weighted by molar-refractivity contribution is 0.263. The van der Waals surface area contributed by atoms with E-state index in [-0.39, 0.29) is 0 Å². The summed E-state index contributed by atoms with van der Waals surface area (Å²) in [6.07, 6.45) is 1.11. The molecule has 4 heteroatoms. The van der Waals surface area contributed by atoms with Crippen LogP contribution < -0.4 is 5.73 Å². The van der Waals surface area contributed by atoms with Crippen LogP contribution in [0.4, 0.5) is 0 Å². The van der Waals surface area contributed by atoms with Crippen molar-refractivity contribution >= 4 is 22.9 Å². The maximum atomic E-state index is 5.92. The van der Waals surface area contributed by atoms with Crippen LogP contribution in [0.5, 0.6) is 0 Å². The summed E-state index contributed by atoms with van der Waals surface area (Å²) in [5.74, 6) is 0. The van der Waals surface area contributed by atoms with Crippen molar-refractivity contribution in [3.05, 3.63) is 21.3 Å². The quantitative estimate of drug-likeness (QED) is 0.846. The predicted molar refractivity (Wildman–Crippen MR) is 61.9 cm³/mol. The summed E-state index contributed by atoms with van der Waals surface area (Å²) in [7, 11) is 0. The van der Waals surface area contributed by atoms with Gasteiger partial charge in [0.2, 0.25) is 0 Å². The number of hydrogen-bond donors (Lipinski definition) is 1. The van der Waals surface area contributed by atoms with Crippen LogP contribution in [0.15, 0.2) is 12.1 Å². The molecule has 0 aromatic carbocycles. The number of nitrogens with zero attached hydrogens (tertiary/aromatic N) is 1. The number of thiophene rings is 1. The van der Waals surface area contributed by atoms with Crippen molar-refractivity contribution in [3.63, 3.8) is 0 Å². The van der Waals surface area contributed by atoms with Gasteiger partial charge in [-0.15, -0.1) is 11.3 Å². The summed E-state index contributed by atoms with van der Waals surface area (Å²) < 4.78 is 0.871. The first-order valence-electron chi connectivity index (χ1n) is 4.91. The van der Waals surface area contributed by atoms with E-state index in [1.54, 1.807) is 11.3 Å². The van der Waals surface area contributed by atoms with Crippen molar-refractivity contribution < 1.29 is 0 Å². The standard InChI is InChI=1S/C10H15ClN2S/c1-7(9-2-3-10(11)14-9)13-5-4-8(12)6-13/h2-3,7-8H,4-6,12H2,1H3. The fourth-order valence-electron chi connectivity index (χ4n) is 1.90. The Labute approximate surface area is 93.7 Å². The second-order valence-corrected chi connectivity index (χ2v) is 5.61. The van der Waals surface area contributed by atoms with Gasteiger partial charge in [0, 0.05) is 30.1 Å². The molecule has 1 fully saturated rings. The van der Waals surface area contributed by atoms with Crippen LogP contribution in [0.2, 0.25) is 4.34 Å². The van der Waals surface area contributed by atoms with Gasteiger partial charge in [0.1, 0.15) is 0 Å².